The molecule has 1 aliphatic heterocycles. The third kappa shape index (κ3) is 11.2. The average molecular weight is 759 g/mol. The second kappa shape index (κ2) is 16.7. The van der Waals surface area contributed by atoms with E-state index in [2.05, 4.69) is 15.0 Å². The van der Waals surface area contributed by atoms with Crippen LogP contribution in [0.1, 0.15) is 58.3 Å². The Labute approximate surface area is 297 Å². The first-order valence-corrected chi connectivity index (χ1v) is 17.8. The van der Waals surface area contributed by atoms with Crippen LogP contribution in [0.15, 0.2) is 59.6 Å². The molecule has 4 rings (SSSR count). The number of aryl methyl sites for hydroxylation is 4. The number of amides is 1. The van der Waals surface area contributed by atoms with Crippen molar-refractivity contribution in [3.05, 3.63) is 93.8 Å². The molecule has 2 heterocycles. The van der Waals surface area contributed by atoms with Gasteiger partial charge in [0.25, 0.3) is 0 Å². The van der Waals surface area contributed by atoms with E-state index in [0.717, 1.165) is 11.3 Å². The van der Waals surface area contributed by atoms with Crippen molar-refractivity contribution in [3.8, 4) is 0 Å². The Morgan fingerprint density at radius 2 is 1.63 bits per heavy atom. The Balaban J connectivity index is 1.41. The third-order valence-corrected chi connectivity index (χ3v) is 10.4. The van der Waals surface area contributed by atoms with E-state index in [0.29, 0.717) is 48.9 Å². The largest absolute Gasteiger partial charge is 0.480 e. The summed E-state index contributed by atoms with van der Waals surface area (Å²) in [5.41, 5.74) is -0.549. The number of ether oxygens (including phenoxy) is 1. The minimum Gasteiger partial charge on any atom is -0.480 e. The first-order chi connectivity index (χ1) is 24.2. The van der Waals surface area contributed by atoms with Crippen LogP contribution in [0.3, 0.4) is 0 Å². The standard InChI is InChI=1S/C35H40F6N4O6S/c1-21-11-22(2)32(23(3)12-21)52(49,50)44-30(33(47)48)17-43-31(46)20-51-29-16-28(9-6-8-27-7-4-5-10-42-27)45(19-29)18-24-13-25(34(36,37)38)15-26(14-24)35(39,40)41/h4-5,7,10-15,28-30,44H,6,8-9,16-20H2,1-3H3,(H,43,46)(H,47,48)/t28?,29-,30?/m1/s1. The van der Waals surface area contributed by atoms with E-state index >= 15 is 0 Å². The Bertz CT molecular complexity index is 1780. The number of pyridine rings is 1. The predicted molar refractivity (Wildman–Crippen MR) is 178 cm³/mol. The second-order valence-corrected chi connectivity index (χ2v) is 14.6. The fourth-order valence-corrected chi connectivity index (χ4v) is 8.08. The highest BCUT2D eigenvalue weighted by Crippen LogP contribution is 2.37. The molecule has 0 spiro atoms. The number of carbonyl (C=O) groups excluding carboxylic acids is 1. The quantitative estimate of drug-likeness (QED) is 0.171. The van der Waals surface area contributed by atoms with Gasteiger partial charge in [0.2, 0.25) is 15.9 Å². The highest BCUT2D eigenvalue weighted by molar-refractivity contribution is 7.89. The first-order valence-electron chi connectivity index (χ1n) is 16.4. The van der Waals surface area contributed by atoms with Gasteiger partial charge >= 0.3 is 18.3 Å². The molecule has 1 aliphatic rings. The topological polar surface area (TPSA) is 138 Å². The number of nitrogens with one attached hydrogen (secondary N) is 2. The zero-order valence-corrected chi connectivity index (χ0v) is 29.5. The number of alkyl halides is 6. The van der Waals surface area contributed by atoms with Crippen LogP contribution in [0.2, 0.25) is 0 Å². The van der Waals surface area contributed by atoms with E-state index in [1.165, 1.54) is 0 Å². The van der Waals surface area contributed by atoms with Crippen LogP contribution < -0.4 is 10.0 Å². The summed E-state index contributed by atoms with van der Waals surface area (Å²) in [7, 11) is -4.29. The number of benzene rings is 2. The molecule has 1 aromatic heterocycles. The molecule has 3 aromatic rings. The minimum absolute atomic E-state index is 0.0702. The van der Waals surface area contributed by atoms with Gasteiger partial charge in [0.1, 0.15) is 12.6 Å². The summed E-state index contributed by atoms with van der Waals surface area (Å²) in [6.07, 6.45) is -6.99. The maximum absolute atomic E-state index is 13.5. The summed E-state index contributed by atoms with van der Waals surface area (Å²) in [6.45, 7) is 3.63. The number of rotatable bonds is 15. The van der Waals surface area contributed by atoms with Crippen molar-refractivity contribution in [2.24, 2.45) is 0 Å². The molecule has 3 atom stereocenters. The number of halogens is 6. The number of hydrogen-bond donors (Lipinski definition) is 3. The normalized spacial score (nSPS) is 17.6. The Morgan fingerprint density at radius 1 is 1.00 bits per heavy atom. The van der Waals surface area contributed by atoms with E-state index in [-0.39, 0.29) is 35.7 Å². The van der Waals surface area contributed by atoms with Gasteiger partial charge in [-0.1, -0.05) is 23.8 Å². The van der Waals surface area contributed by atoms with Gasteiger partial charge in [0.05, 0.1) is 22.1 Å². The lowest BCUT2D eigenvalue weighted by molar-refractivity contribution is -0.143. The number of carboxylic acids is 1. The van der Waals surface area contributed by atoms with Crippen molar-refractivity contribution in [2.45, 2.75) is 88.4 Å². The lowest BCUT2D eigenvalue weighted by Crippen LogP contribution is -2.49. The van der Waals surface area contributed by atoms with Crippen LogP contribution >= 0.6 is 0 Å². The van der Waals surface area contributed by atoms with Gasteiger partial charge in [0.15, 0.2) is 0 Å². The molecule has 1 amide bonds. The van der Waals surface area contributed by atoms with Gasteiger partial charge in [0, 0.05) is 37.6 Å². The van der Waals surface area contributed by atoms with Crippen molar-refractivity contribution in [2.75, 3.05) is 19.7 Å². The molecule has 10 nitrogen and oxygen atoms in total. The van der Waals surface area contributed by atoms with Gasteiger partial charge < -0.3 is 15.2 Å². The van der Waals surface area contributed by atoms with Gasteiger partial charge in [-0.25, -0.2) is 8.42 Å². The molecule has 284 valence electrons. The molecule has 3 N–H and O–H groups in total. The predicted octanol–water partition coefficient (Wildman–Crippen LogP) is 5.57. The molecule has 1 saturated heterocycles. The molecular formula is C35H40F6N4O6S. The van der Waals surface area contributed by atoms with Crippen molar-refractivity contribution >= 4 is 21.9 Å². The number of carboxylic acid groups (broad SMARTS) is 1. The molecule has 1 fully saturated rings. The van der Waals surface area contributed by atoms with Gasteiger partial charge in [-0.15, -0.1) is 0 Å². The molecule has 0 aliphatic carbocycles. The van der Waals surface area contributed by atoms with Gasteiger partial charge in [-0.05, 0) is 93.5 Å². The van der Waals surface area contributed by atoms with E-state index in [1.807, 2.05) is 12.1 Å². The summed E-state index contributed by atoms with van der Waals surface area (Å²) in [4.78, 5) is 30.6. The van der Waals surface area contributed by atoms with Crippen molar-refractivity contribution in [1.29, 1.82) is 0 Å². The Hall–Kier alpha value is -4.06. The van der Waals surface area contributed by atoms with Crippen LogP contribution in [0.25, 0.3) is 0 Å². The van der Waals surface area contributed by atoms with Crippen molar-refractivity contribution < 1.29 is 54.2 Å². The summed E-state index contributed by atoms with van der Waals surface area (Å²) in [5.74, 6) is -2.29. The van der Waals surface area contributed by atoms with Crippen molar-refractivity contribution in [1.82, 2.24) is 19.9 Å². The average Bonchev–Trinajstić information content (AvgIpc) is 3.41. The highest BCUT2D eigenvalue weighted by Gasteiger charge is 2.38. The summed E-state index contributed by atoms with van der Waals surface area (Å²) >= 11 is 0. The van der Waals surface area contributed by atoms with E-state index in [4.69, 9.17) is 4.74 Å². The van der Waals surface area contributed by atoms with E-state index in [1.54, 1.807) is 50.1 Å². The highest BCUT2D eigenvalue weighted by atomic mass is 32.2. The Morgan fingerprint density at radius 3 is 2.19 bits per heavy atom. The fraction of sp³-hybridized carbons (Fsp3) is 0.457. The minimum atomic E-state index is -5.00. The van der Waals surface area contributed by atoms with Crippen LogP contribution in [0.4, 0.5) is 26.3 Å². The molecule has 2 unspecified atom stereocenters. The monoisotopic (exact) mass is 758 g/mol. The summed E-state index contributed by atoms with van der Waals surface area (Å²) in [5, 5.41) is 12.0. The number of hydrogen-bond acceptors (Lipinski definition) is 7. The third-order valence-electron chi connectivity index (χ3n) is 8.64. The maximum atomic E-state index is 13.5. The van der Waals surface area contributed by atoms with Crippen LogP contribution in [0.5, 0.6) is 0 Å². The number of aromatic nitrogens is 1. The Kier molecular flexibility index (Phi) is 13.1. The molecule has 0 bridgehead atoms. The smallest absolute Gasteiger partial charge is 0.416 e. The van der Waals surface area contributed by atoms with Crippen LogP contribution in [-0.2, 0) is 49.7 Å². The molecule has 17 heteroatoms. The van der Waals surface area contributed by atoms with Crippen LogP contribution in [-0.4, -0.2) is 73.2 Å². The number of sulfonamides is 1. The fourth-order valence-electron chi connectivity index (χ4n) is 6.44. The zero-order chi connectivity index (χ0) is 38.4. The summed E-state index contributed by atoms with van der Waals surface area (Å²) < 4.78 is 115. The molecule has 2 aromatic carbocycles. The lowest BCUT2D eigenvalue weighted by atomic mass is 10.0. The summed E-state index contributed by atoms with van der Waals surface area (Å²) in [6, 6.07) is 8.13. The van der Waals surface area contributed by atoms with Crippen LogP contribution in [0, 0.1) is 20.8 Å². The zero-order valence-electron chi connectivity index (χ0n) is 28.6. The second-order valence-electron chi connectivity index (χ2n) is 12.9. The molecule has 0 saturated carbocycles. The maximum Gasteiger partial charge on any atom is 0.416 e. The van der Waals surface area contributed by atoms with E-state index < -0.39 is 70.7 Å². The number of carbonyl (C=O) groups is 2. The first kappa shape index (κ1) is 40.7. The van der Waals surface area contributed by atoms with Gasteiger partial charge in [-0.3, -0.25) is 19.5 Å². The van der Waals surface area contributed by atoms with E-state index in [9.17, 15) is 49.5 Å². The van der Waals surface area contributed by atoms with Gasteiger partial charge in [-0.2, -0.15) is 31.1 Å². The lowest BCUT2D eigenvalue weighted by Gasteiger charge is -2.25. The molecular weight excluding hydrogens is 718 g/mol. The SMILES string of the molecule is Cc1cc(C)c(S(=O)(=O)NC(CNC(=O)CO[C@@H]2CC(CCCc3ccccn3)N(Cc3cc(C(F)(F)F)cc(C(F)(F)F)c3)C2)C(=O)O)c(C)c1. The molecule has 0 radical (unpaired) electrons. The number of aliphatic carboxylic acids is 1. The number of nitrogens with zero attached hydrogens (tertiary/aromatic N) is 2. The molecule has 52 heavy (non-hydrogen) atoms. The van der Waals surface area contributed by atoms with Crippen molar-refractivity contribution in [3.63, 3.8) is 0 Å². The number of likely N-dealkylation sites (tertiary alicyclic amines) is 1.